The zero-order valence-electron chi connectivity index (χ0n) is 14.9. The normalized spacial score (nSPS) is 10.7. The first-order valence-corrected chi connectivity index (χ1v) is 8.42. The van der Waals surface area contributed by atoms with E-state index in [4.69, 9.17) is 9.15 Å². The highest BCUT2D eigenvalue weighted by Gasteiger charge is 2.15. The highest BCUT2D eigenvalue weighted by atomic mass is 16.5. The standard InChI is InChI=1S/C21H17N3O3/c1-13-6-3-9-16(18(13)26-2)20(25)23-15-8-4-7-14(12-15)21-24-19-17(27-21)10-5-11-22-19/h3-12H,1-2H3,(H,23,25). The first kappa shape index (κ1) is 16.8. The number of methoxy groups -OCH3 is 1. The van der Waals surface area contributed by atoms with Crippen LogP contribution in [0.15, 0.2) is 65.2 Å². The van der Waals surface area contributed by atoms with E-state index >= 15 is 0 Å². The molecule has 1 N–H and O–H groups in total. The summed E-state index contributed by atoms with van der Waals surface area (Å²) in [7, 11) is 1.56. The zero-order chi connectivity index (χ0) is 18.8. The minimum atomic E-state index is -0.244. The number of nitrogens with one attached hydrogen (secondary N) is 1. The number of nitrogens with zero attached hydrogens (tertiary/aromatic N) is 2. The molecule has 4 rings (SSSR count). The van der Waals surface area contributed by atoms with Gasteiger partial charge in [0.05, 0.1) is 12.7 Å². The molecule has 0 saturated carbocycles. The molecular formula is C21H17N3O3. The van der Waals surface area contributed by atoms with Gasteiger partial charge in [-0.2, -0.15) is 4.98 Å². The van der Waals surface area contributed by atoms with Crippen LogP contribution in [0.4, 0.5) is 5.69 Å². The monoisotopic (exact) mass is 359 g/mol. The number of oxazole rings is 1. The molecule has 0 saturated heterocycles. The number of aryl methyl sites for hydroxylation is 1. The molecule has 2 aromatic heterocycles. The molecule has 1 amide bonds. The smallest absolute Gasteiger partial charge is 0.259 e. The number of pyridine rings is 1. The predicted molar refractivity (Wildman–Crippen MR) is 103 cm³/mol. The molecule has 4 aromatic rings. The van der Waals surface area contributed by atoms with Crippen LogP contribution < -0.4 is 10.1 Å². The largest absolute Gasteiger partial charge is 0.496 e. The molecule has 0 spiro atoms. The van der Waals surface area contributed by atoms with Crippen molar-refractivity contribution >= 4 is 22.8 Å². The molecule has 134 valence electrons. The van der Waals surface area contributed by atoms with Crippen LogP contribution in [-0.2, 0) is 0 Å². The van der Waals surface area contributed by atoms with Crippen LogP contribution in [0.2, 0.25) is 0 Å². The van der Waals surface area contributed by atoms with Crippen molar-refractivity contribution in [2.75, 3.05) is 12.4 Å². The topological polar surface area (TPSA) is 77.2 Å². The van der Waals surface area contributed by atoms with E-state index in [0.717, 1.165) is 11.1 Å². The fourth-order valence-electron chi connectivity index (χ4n) is 2.92. The number of amides is 1. The second kappa shape index (κ2) is 6.92. The van der Waals surface area contributed by atoms with Gasteiger partial charge in [-0.15, -0.1) is 0 Å². The maximum Gasteiger partial charge on any atom is 0.259 e. The molecule has 0 aliphatic carbocycles. The van der Waals surface area contributed by atoms with Crippen LogP contribution in [0, 0.1) is 6.92 Å². The Hall–Kier alpha value is -3.67. The number of rotatable bonds is 4. The van der Waals surface area contributed by atoms with Crippen molar-refractivity contribution in [2.24, 2.45) is 0 Å². The van der Waals surface area contributed by atoms with Gasteiger partial charge >= 0.3 is 0 Å². The van der Waals surface area contributed by atoms with Gasteiger partial charge in [-0.3, -0.25) is 4.79 Å². The summed E-state index contributed by atoms with van der Waals surface area (Å²) in [5, 5.41) is 2.90. The van der Waals surface area contributed by atoms with E-state index in [-0.39, 0.29) is 5.91 Å². The lowest BCUT2D eigenvalue weighted by Crippen LogP contribution is -2.13. The Bertz CT molecular complexity index is 1100. The fourth-order valence-corrected chi connectivity index (χ4v) is 2.92. The quantitative estimate of drug-likeness (QED) is 0.582. The van der Waals surface area contributed by atoms with Crippen molar-refractivity contribution in [1.82, 2.24) is 9.97 Å². The lowest BCUT2D eigenvalue weighted by Gasteiger charge is -2.11. The molecule has 0 unspecified atom stereocenters. The third-order valence-electron chi connectivity index (χ3n) is 4.19. The van der Waals surface area contributed by atoms with Crippen LogP contribution in [0.1, 0.15) is 15.9 Å². The van der Waals surface area contributed by atoms with Gasteiger partial charge in [-0.05, 0) is 48.9 Å². The first-order chi connectivity index (χ1) is 13.2. The number of hydrogen-bond acceptors (Lipinski definition) is 5. The van der Waals surface area contributed by atoms with Crippen molar-refractivity contribution in [3.8, 4) is 17.2 Å². The molecule has 0 fully saturated rings. The van der Waals surface area contributed by atoms with Gasteiger partial charge in [0.25, 0.3) is 5.91 Å². The molecular weight excluding hydrogens is 342 g/mol. The van der Waals surface area contributed by atoms with E-state index in [1.54, 1.807) is 25.4 Å². The highest BCUT2D eigenvalue weighted by molar-refractivity contribution is 6.06. The van der Waals surface area contributed by atoms with Gasteiger partial charge in [0.15, 0.2) is 11.2 Å². The molecule has 0 aliphatic heterocycles. The van der Waals surface area contributed by atoms with Crippen molar-refractivity contribution in [3.63, 3.8) is 0 Å². The Morgan fingerprint density at radius 2 is 1.96 bits per heavy atom. The minimum Gasteiger partial charge on any atom is -0.496 e. The van der Waals surface area contributed by atoms with E-state index in [9.17, 15) is 4.79 Å². The zero-order valence-corrected chi connectivity index (χ0v) is 14.9. The number of para-hydroxylation sites is 1. The predicted octanol–water partition coefficient (Wildman–Crippen LogP) is 4.46. The van der Waals surface area contributed by atoms with Crippen LogP contribution >= 0.6 is 0 Å². The maximum absolute atomic E-state index is 12.7. The molecule has 0 aliphatic rings. The van der Waals surface area contributed by atoms with Crippen LogP contribution in [-0.4, -0.2) is 23.0 Å². The summed E-state index contributed by atoms with van der Waals surface area (Å²) >= 11 is 0. The number of hydrogen-bond donors (Lipinski definition) is 1. The Labute approximate surface area is 155 Å². The summed E-state index contributed by atoms with van der Waals surface area (Å²) in [4.78, 5) is 21.3. The fraction of sp³-hybridized carbons (Fsp3) is 0.0952. The number of carbonyl (C=O) groups is 1. The Kier molecular flexibility index (Phi) is 4.30. The van der Waals surface area contributed by atoms with Gasteiger partial charge in [0.2, 0.25) is 5.89 Å². The van der Waals surface area contributed by atoms with Gasteiger partial charge in [-0.1, -0.05) is 18.2 Å². The van der Waals surface area contributed by atoms with Crippen molar-refractivity contribution < 1.29 is 13.9 Å². The Morgan fingerprint density at radius 1 is 1.11 bits per heavy atom. The van der Waals surface area contributed by atoms with Gasteiger partial charge in [-0.25, -0.2) is 4.98 Å². The Balaban J connectivity index is 1.63. The number of aromatic nitrogens is 2. The molecule has 0 bridgehead atoms. The number of benzene rings is 2. The van der Waals surface area contributed by atoms with Gasteiger partial charge in [0, 0.05) is 17.4 Å². The van der Waals surface area contributed by atoms with Crippen LogP contribution in [0.3, 0.4) is 0 Å². The van der Waals surface area contributed by atoms with E-state index in [0.29, 0.717) is 34.1 Å². The molecule has 0 atom stereocenters. The van der Waals surface area contributed by atoms with Crippen molar-refractivity contribution in [1.29, 1.82) is 0 Å². The van der Waals surface area contributed by atoms with E-state index in [1.165, 1.54) is 0 Å². The minimum absolute atomic E-state index is 0.244. The van der Waals surface area contributed by atoms with E-state index in [2.05, 4.69) is 15.3 Å². The molecule has 0 radical (unpaired) electrons. The SMILES string of the molecule is COc1c(C)cccc1C(=O)Nc1cccc(-c2nc3ncccc3o2)c1. The number of carbonyl (C=O) groups excluding carboxylic acids is 1. The lowest BCUT2D eigenvalue weighted by atomic mass is 10.1. The van der Waals surface area contributed by atoms with E-state index in [1.807, 2.05) is 49.4 Å². The summed E-state index contributed by atoms with van der Waals surface area (Å²) < 4.78 is 11.1. The molecule has 27 heavy (non-hydrogen) atoms. The van der Waals surface area contributed by atoms with Crippen LogP contribution in [0.25, 0.3) is 22.7 Å². The van der Waals surface area contributed by atoms with Crippen LogP contribution in [0.5, 0.6) is 5.75 Å². The summed E-state index contributed by atoms with van der Waals surface area (Å²) in [6.07, 6.45) is 1.67. The van der Waals surface area contributed by atoms with Crippen molar-refractivity contribution in [2.45, 2.75) is 6.92 Å². The van der Waals surface area contributed by atoms with Crippen molar-refractivity contribution in [3.05, 3.63) is 71.9 Å². The summed E-state index contributed by atoms with van der Waals surface area (Å²) in [5.41, 5.74) is 3.93. The molecule has 2 aromatic carbocycles. The third-order valence-corrected chi connectivity index (χ3v) is 4.19. The number of ether oxygens (including phenoxy) is 1. The summed E-state index contributed by atoms with van der Waals surface area (Å²) in [6.45, 7) is 1.90. The summed E-state index contributed by atoms with van der Waals surface area (Å²) in [6, 6.07) is 16.4. The van der Waals surface area contributed by atoms with Gasteiger partial charge in [0.1, 0.15) is 5.75 Å². The highest BCUT2D eigenvalue weighted by Crippen LogP contribution is 2.27. The van der Waals surface area contributed by atoms with E-state index < -0.39 is 0 Å². The average Bonchev–Trinajstić information content (AvgIpc) is 3.12. The molecule has 6 nitrogen and oxygen atoms in total. The number of fused-ring (bicyclic) bond motifs is 1. The number of anilines is 1. The average molecular weight is 359 g/mol. The first-order valence-electron chi connectivity index (χ1n) is 8.42. The van der Waals surface area contributed by atoms with Gasteiger partial charge < -0.3 is 14.5 Å². The Morgan fingerprint density at radius 3 is 2.78 bits per heavy atom. The maximum atomic E-state index is 12.7. The second-order valence-corrected chi connectivity index (χ2v) is 6.03. The lowest BCUT2D eigenvalue weighted by molar-refractivity contribution is 0.102. The molecule has 6 heteroatoms. The second-order valence-electron chi connectivity index (χ2n) is 6.03. The summed E-state index contributed by atoms with van der Waals surface area (Å²) in [5.74, 6) is 0.774. The molecule has 2 heterocycles. The third kappa shape index (κ3) is 3.25.